The fraction of sp³-hybridized carbons (Fsp3) is 0.125. The average Bonchev–Trinajstić information content (AvgIpc) is 3.42. The number of hydrazone groups is 1. The SMILES string of the molecule is COc1cc(/C=N/N(C(=O)c2cc3c(ccc4ccccc43)oc2=O)c2nc3ccc(C)cc3s2)cc(OC)c1OC. The highest BCUT2D eigenvalue weighted by molar-refractivity contribution is 7.22. The number of fused-ring (bicyclic) bond motifs is 4. The van der Waals surface area contributed by atoms with Gasteiger partial charge in [-0.15, -0.1) is 0 Å². The van der Waals surface area contributed by atoms with Gasteiger partial charge in [0, 0.05) is 10.9 Å². The van der Waals surface area contributed by atoms with Crippen molar-refractivity contribution in [2.24, 2.45) is 5.10 Å². The molecule has 10 heteroatoms. The molecule has 0 unspecified atom stereocenters. The molecule has 0 N–H and O–H groups in total. The van der Waals surface area contributed by atoms with Gasteiger partial charge in [0.05, 0.1) is 37.8 Å². The minimum atomic E-state index is -0.771. The lowest BCUT2D eigenvalue weighted by Gasteiger charge is -2.15. The molecule has 0 spiro atoms. The van der Waals surface area contributed by atoms with Gasteiger partial charge >= 0.3 is 5.63 Å². The van der Waals surface area contributed by atoms with Gasteiger partial charge in [-0.1, -0.05) is 47.7 Å². The van der Waals surface area contributed by atoms with Gasteiger partial charge in [0.15, 0.2) is 11.5 Å². The molecule has 210 valence electrons. The molecular weight excluding hydrogens is 554 g/mol. The van der Waals surface area contributed by atoms with Crippen molar-refractivity contribution in [3.63, 3.8) is 0 Å². The summed E-state index contributed by atoms with van der Waals surface area (Å²) in [6.07, 6.45) is 1.47. The quantitative estimate of drug-likeness (QED) is 0.0912. The summed E-state index contributed by atoms with van der Waals surface area (Å²) in [6, 6.07) is 22.1. The number of anilines is 1. The van der Waals surface area contributed by atoms with E-state index in [1.807, 2.05) is 55.5 Å². The molecule has 0 atom stereocenters. The van der Waals surface area contributed by atoms with Crippen LogP contribution in [0.4, 0.5) is 5.13 Å². The topological polar surface area (TPSA) is 103 Å². The van der Waals surface area contributed by atoms with Crippen molar-refractivity contribution in [1.29, 1.82) is 0 Å². The number of ether oxygens (including phenoxy) is 3. The summed E-state index contributed by atoms with van der Waals surface area (Å²) < 4.78 is 22.8. The zero-order chi connectivity index (χ0) is 29.4. The number of aromatic nitrogens is 1. The first kappa shape index (κ1) is 27.0. The lowest BCUT2D eigenvalue weighted by atomic mass is 10.0. The summed E-state index contributed by atoms with van der Waals surface area (Å²) in [4.78, 5) is 31.9. The molecule has 0 saturated carbocycles. The number of carbonyl (C=O) groups is 1. The molecule has 9 nitrogen and oxygen atoms in total. The molecule has 0 aliphatic carbocycles. The normalized spacial score (nSPS) is 11.4. The van der Waals surface area contributed by atoms with Crippen LogP contribution in [0.5, 0.6) is 17.2 Å². The first-order valence-corrected chi connectivity index (χ1v) is 13.7. The van der Waals surface area contributed by atoms with Gasteiger partial charge in [-0.25, -0.2) is 9.78 Å². The number of benzene rings is 4. The Morgan fingerprint density at radius 1 is 0.929 bits per heavy atom. The van der Waals surface area contributed by atoms with Crippen molar-refractivity contribution in [2.75, 3.05) is 26.3 Å². The minimum Gasteiger partial charge on any atom is -0.493 e. The zero-order valence-electron chi connectivity index (χ0n) is 23.2. The molecule has 6 rings (SSSR count). The smallest absolute Gasteiger partial charge is 0.349 e. The molecule has 2 heterocycles. The van der Waals surface area contributed by atoms with Crippen molar-refractivity contribution in [3.8, 4) is 17.2 Å². The maximum absolute atomic E-state index is 14.1. The van der Waals surface area contributed by atoms with Crippen molar-refractivity contribution >= 4 is 60.5 Å². The van der Waals surface area contributed by atoms with E-state index in [4.69, 9.17) is 18.6 Å². The number of hydrogen-bond acceptors (Lipinski definition) is 9. The van der Waals surface area contributed by atoms with E-state index in [1.54, 1.807) is 24.3 Å². The highest BCUT2D eigenvalue weighted by Crippen LogP contribution is 2.38. The van der Waals surface area contributed by atoms with E-state index in [0.717, 1.165) is 26.0 Å². The Hall–Kier alpha value is -5.22. The summed E-state index contributed by atoms with van der Waals surface area (Å²) in [5, 5.41) is 8.39. The standard InChI is InChI=1S/C32H25N3O6S/c1-18-9-11-24-28(13-18)42-32(34-24)35(33-17-19-14-26(38-2)29(40-4)27(15-19)39-3)30(36)23-16-22-21-8-6-5-7-20(21)10-12-25(22)41-31(23)37/h5-17H,1-4H3/b33-17+. The maximum atomic E-state index is 14.1. The van der Waals surface area contributed by atoms with Crippen LogP contribution in [0.25, 0.3) is 32.0 Å². The number of aryl methyl sites for hydroxylation is 1. The van der Waals surface area contributed by atoms with Gasteiger partial charge in [0.2, 0.25) is 10.9 Å². The number of rotatable bonds is 7. The lowest BCUT2D eigenvalue weighted by Crippen LogP contribution is -2.30. The zero-order valence-corrected chi connectivity index (χ0v) is 24.0. The van der Waals surface area contributed by atoms with Crippen LogP contribution in [-0.2, 0) is 0 Å². The van der Waals surface area contributed by atoms with E-state index >= 15 is 0 Å². The molecular formula is C32H25N3O6S. The minimum absolute atomic E-state index is 0.170. The second-order valence-corrected chi connectivity index (χ2v) is 10.4. The second kappa shape index (κ2) is 11.0. The Bertz CT molecular complexity index is 2060. The Kier molecular flexibility index (Phi) is 7.05. The predicted octanol–water partition coefficient (Wildman–Crippen LogP) is 6.57. The van der Waals surface area contributed by atoms with Gasteiger partial charge in [-0.3, -0.25) is 4.79 Å². The first-order chi connectivity index (χ1) is 20.4. The van der Waals surface area contributed by atoms with E-state index in [0.29, 0.717) is 44.4 Å². The summed E-state index contributed by atoms with van der Waals surface area (Å²) in [6.45, 7) is 1.98. The van der Waals surface area contributed by atoms with Gasteiger partial charge in [-0.05, 0) is 59.7 Å². The van der Waals surface area contributed by atoms with Gasteiger partial charge in [-0.2, -0.15) is 10.1 Å². The van der Waals surface area contributed by atoms with E-state index < -0.39 is 11.5 Å². The summed E-state index contributed by atoms with van der Waals surface area (Å²) >= 11 is 1.29. The van der Waals surface area contributed by atoms with Crippen LogP contribution < -0.4 is 24.8 Å². The van der Waals surface area contributed by atoms with Crippen molar-refractivity contribution < 1.29 is 23.4 Å². The van der Waals surface area contributed by atoms with Crippen LogP contribution in [-0.4, -0.2) is 38.4 Å². The van der Waals surface area contributed by atoms with Crippen LogP contribution in [0.1, 0.15) is 21.5 Å². The largest absolute Gasteiger partial charge is 0.493 e. The second-order valence-electron chi connectivity index (χ2n) is 9.43. The summed E-state index contributed by atoms with van der Waals surface area (Å²) in [5.41, 5.74) is 1.77. The first-order valence-electron chi connectivity index (χ1n) is 12.9. The number of methoxy groups -OCH3 is 3. The summed E-state index contributed by atoms with van der Waals surface area (Å²) in [7, 11) is 4.54. The Labute approximate surface area is 244 Å². The fourth-order valence-corrected chi connectivity index (χ4v) is 5.75. The van der Waals surface area contributed by atoms with Gasteiger partial charge < -0.3 is 18.6 Å². The van der Waals surface area contributed by atoms with Crippen LogP contribution in [0, 0.1) is 6.92 Å². The molecule has 42 heavy (non-hydrogen) atoms. The number of thiazole rings is 1. The van der Waals surface area contributed by atoms with Crippen molar-refractivity contribution in [2.45, 2.75) is 6.92 Å². The Morgan fingerprint density at radius 2 is 1.69 bits per heavy atom. The average molecular weight is 580 g/mol. The maximum Gasteiger partial charge on any atom is 0.349 e. The highest BCUT2D eigenvalue weighted by Gasteiger charge is 2.25. The van der Waals surface area contributed by atoms with Crippen LogP contribution >= 0.6 is 11.3 Å². The molecule has 0 bridgehead atoms. The molecule has 1 amide bonds. The monoisotopic (exact) mass is 579 g/mol. The van der Waals surface area contributed by atoms with Crippen molar-refractivity contribution in [3.05, 3.63) is 99.9 Å². The molecule has 2 aromatic heterocycles. The third kappa shape index (κ3) is 4.82. The lowest BCUT2D eigenvalue weighted by molar-refractivity contribution is 0.0984. The van der Waals surface area contributed by atoms with E-state index in [2.05, 4.69) is 10.1 Å². The molecule has 4 aromatic carbocycles. The van der Waals surface area contributed by atoms with Crippen LogP contribution in [0.15, 0.2) is 87.1 Å². The fourth-order valence-electron chi connectivity index (χ4n) is 4.73. The molecule has 0 fully saturated rings. The predicted molar refractivity (Wildman–Crippen MR) is 165 cm³/mol. The molecule has 0 radical (unpaired) electrons. The number of carbonyl (C=O) groups excluding carboxylic acids is 1. The Morgan fingerprint density at radius 3 is 2.43 bits per heavy atom. The number of nitrogens with zero attached hydrogens (tertiary/aromatic N) is 3. The molecule has 0 saturated heterocycles. The molecule has 0 aliphatic rings. The highest BCUT2D eigenvalue weighted by atomic mass is 32.1. The van der Waals surface area contributed by atoms with E-state index in [-0.39, 0.29) is 5.56 Å². The van der Waals surface area contributed by atoms with Gasteiger partial charge in [0.1, 0.15) is 11.1 Å². The number of amides is 1. The van der Waals surface area contributed by atoms with E-state index in [9.17, 15) is 9.59 Å². The number of hydrogen-bond donors (Lipinski definition) is 0. The van der Waals surface area contributed by atoms with Gasteiger partial charge in [0.25, 0.3) is 5.91 Å². The van der Waals surface area contributed by atoms with Crippen molar-refractivity contribution in [1.82, 2.24) is 4.98 Å². The molecule has 0 aliphatic heterocycles. The summed E-state index contributed by atoms with van der Waals surface area (Å²) in [5.74, 6) is 0.591. The van der Waals surface area contributed by atoms with Crippen LogP contribution in [0.2, 0.25) is 0 Å². The molecule has 6 aromatic rings. The third-order valence-corrected chi connectivity index (χ3v) is 7.78. The van der Waals surface area contributed by atoms with Crippen LogP contribution in [0.3, 0.4) is 0 Å². The third-order valence-electron chi connectivity index (χ3n) is 6.79. The van der Waals surface area contributed by atoms with E-state index in [1.165, 1.54) is 38.9 Å². The Balaban J connectivity index is 1.50.